The molecule has 0 aliphatic heterocycles. The number of rotatable bonds is 8. The Labute approximate surface area is 111 Å². The minimum absolute atomic E-state index is 0. The second-order valence-electron chi connectivity index (χ2n) is 3.79. The molecule has 0 aromatic heterocycles. The Hall–Kier alpha value is 0.0900. The molecule has 108 valence electrons. The molecule has 0 spiro atoms. The smallest absolute Gasteiger partial charge is 0.100 e. The van der Waals surface area contributed by atoms with Crippen LogP contribution in [-0.2, 0) is 4.74 Å². The van der Waals surface area contributed by atoms with E-state index in [9.17, 15) is 0 Å². The van der Waals surface area contributed by atoms with Crippen LogP contribution in [0.25, 0.3) is 0 Å². The summed E-state index contributed by atoms with van der Waals surface area (Å²) in [6.07, 6.45) is 1.11. The van der Waals surface area contributed by atoms with Crippen molar-refractivity contribution in [1.29, 1.82) is 0 Å². The van der Waals surface area contributed by atoms with Gasteiger partial charge in [-0.1, -0.05) is 6.92 Å². The molecular weight excluding hydrogens is 246 g/mol. The average Bonchev–Trinajstić information content (AvgIpc) is 2.27. The monoisotopic (exact) mass is 273 g/mol. The largest absolute Gasteiger partial charge is 0.396 e. The maximum absolute atomic E-state index is 8.71. The van der Waals surface area contributed by atoms with Crippen LogP contribution in [0.3, 0.4) is 0 Å². The average molecular weight is 274 g/mol. The van der Waals surface area contributed by atoms with Gasteiger partial charge in [-0.2, -0.15) is 0 Å². The van der Waals surface area contributed by atoms with Crippen molar-refractivity contribution in [2.45, 2.75) is 25.9 Å². The van der Waals surface area contributed by atoms with Crippen LogP contribution in [0.15, 0.2) is 0 Å². The van der Waals surface area contributed by atoms with Gasteiger partial charge in [-0.05, 0) is 33.5 Å². The first-order valence-electron chi connectivity index (χ1n) is 5.70. The summed E-state index contributed by atoms with van der Waals surface area (Å²) in [5.41, 5.74) is 0. The normalized spacial score (nSPS) is 11.5. The van der Waals surface area contributed by atoms with Crippen LogP contribution in [-0.4, -0.2) is 73.4 Å². The molecule has 1 atom stereocenters. The van der Waals surface area contributed by atoms with E-state index in [2.05, 4.69) is 4.90 Å². The van der Waals surface area contributed by atoms with Gasteiger partial charge in [0.2, 0.25) is 0 Å². The second-order valence-corrected chi connectivity index (χ2v) is 3.79. The van der Waals surface area contributed by atoms with Gasteiger partial charge < -0.3 is 25.0 Å². The van der Waals surface area contributed by atoms with E-state index in [0.717, 1.165) is 19.4 Å². The SMILES string of the molecule is CCCOCC(O)CO.CN(C)CCCO.Cl. The van der Waals surface area contributed by atoms with Crippen LogP contribution >= 0.6 is 12.4 Å². The zero-order valence-corrected chi connectivity index (χ0v) is 11.9. The van der Waals surface area contributed by atoms with Crippen molar-refractivity contribution in [2.24, 2.45) is 0 Å². The van der Waals surface area contributed by atoms with E-state index in [1.54, 1.807) is 0 Å². The quantitative estimate of drug-likeness (QED) is 0.548. The lowest BCUT2D eigenvalue weighted by Gasteiger charge is -2.05. The van der Waals surface area contributed by atoms with Gasteiger partial charge in [0.25, 0.3) is 0 Å². The zero-order valence-electron chi connectivity index (χ0n) is 11.1. The minimum Gasteiger partial charge on any atom is -0.396 e. The van der Waals surface area contributed by atoms with Gasteiger partial charge >= 0.3 is 0 Å². The molecule has 3 N–H and O–H groups in total. The molecule has 5 nitrogen and oxygen atoms in total. The Balaban J connectivity index is -0.000000224. The Morgan fingerprint density at radius 2 is 1.82 bits per heavy atom. The van der Waals surface area contributed by atoms with Gasteiger partial charge in [-0.15, -0.1) is 12.4 Å². The molecule has 17 heavy (non-hydrogen) atoms. The summed E-state index contributed by atoms with van der Waals surface area (Å²) in [7, 11) is 3.99. The van der Waals surface area contributed by atoms with E-state index in [1.165, 1.54) is 0 Å². The van der Waals surface area contributed by atoms with Crippen molar-refractivity contribution >= 4 is 12.4 Å². The number of hydrogen-bond donors (Lipinski definition) is 3. The van der Waals surface area contributed by atoms with Crippen LogP contribution in [0.5, 0.6) is 0 Å². The fourth-order valence-electron chi connectivity index (χ4n) is 0.803. The first kappa shape index (κ1) is 22.3. The van der Waals surface area contributed by atoms with Crippen molar-refractivity contribution in [3.8, 4) is 0 Å². The van der Waals surface area contributed by atoms with Gasteiger partial charge in [0.1, 0.15) is 6.10 Å². The number of ether oxygens (including phenoxy) is 1. The van der Waals surface area contributed by atoms with E-state index in [-0.39, 0.29) is 25.6 Å². The molecule has 0 heterocycles. The van der Waals surface area contributed by atoms with Gasteiger partial charge in [0.15, 0.2) is 0 Å². The number of aliphatic hydroxyl groups is 3. The molecule has 0 amide bonds. The Bertz CT molecular complexity index is 128. The van der Waals surface area contributed by atoms with Gasteiger partial charge in [-0.3, -0.25) is 0 Å². The maximum atomic E-state index is 8.71. The molecule has 0 bridgehead atoms. The van der Waals surface area contributed by atoms with Crippen LogP contribution < -0.4 is 0 Å². The van der Waals surface area contributed by atoms with E-state index in [0.29, 0.717) is 13.2 Å². The standard InChI is InChI=1S/C6H14O3.C5H13NO.ClH/c1-2-3-9-5-6(8)4-7;1-6(2)4-3-5-7;/h6-8H,2-5H2,1H3;7H,3-5H2,1-2H3;1H. The minimum atomic E-state index is -0.712. The van der Waals surface area contributed by atoms with E-state index in [1.807, 2.05) is 21.0 Å². The summed E-state index contributed by atoms with van der Waals surface area (Å²) < 4.78 is 4.93. The molecule has 0 aromatic carbocycles. The lowest BCUT2D eigenvalue weighted by Crippen LogP contribution is -2.19. The summed E-state index contributed by atoms with van der Waals surface area (Å²) in [4.78, 5) is 2.05. The first-order chi connectivity index (χ1) is 7.58. The molecule has 0 aromatic rings. The number of halogens is 1. The highest BCUT2D eigenvalue weighted by atomic mass is 35.5. The highest BCUT2D eigenvalue weighted by molar-refractivity contribution is 5.85. The second kappa shape index (κ2) is 18.5. The third-order valence-electron chi connectivity index (χ3n) is 1.63. The Morgan fingerprint density at radius 1 is 1.24 bits per heavy atom. The topological polar surface area (TPSA) is 73.2 Å². The molecule has 0 saturated heterocycles. The van der Waals surface area contributed by atoms with Crippen molar-refractivity contribution in [3.05, 3.63) is 0 Å². The lowest BCUT2D eigenvalue weighted by molar-refractivity contribution is 0.00653. The fourth-order valence-corrected chi connectivity index (χ4v) is 0.803. The number of hydrogen-bond acceptors (Lipinski definition) is 5. The Kier molecular flexibility index (Phi) is 24.2. The van der Waals surface area contributed by atoms with E-state index in [4.69, 9.17) is 20.1 Å². The van der Waals surface area contributed by atoms with Crippen molar-refractivity contribution in [3.63, 3.8) is 0 Å². The van der Waals surface area contributed by atoms with Crippen LogP contribution in [0.2, 0.25) is 0 Å². The predicted octanol–water partition coefficient (Wildman–Crippen LogP) is 0.118. The molecule has 0 aliphatic carbocycles. The maximum Gasteiger partial charge on any atom is 0.100 e. The number of nitrogens with zero attached hydrogens (tertiary/aromatic N) is 1. The summed E-state index contributed by atoms with van der Waals surface area (Å²) in [6.45, 7) is 3.95. The molecule has 0 fully saturated rings. The molecule has 6 heteroatoms. The predicted molar refractivity (Wildman–Crippen MR) is 71.7 cm³/mol. The molecule has 1 unspecified atom stereocenters. The summed E-state index contributed by atoms with van der Waals surface area (Å²) in [5, 5.41) is 25.3. The number of aliphatic hydroxyl groups excluding tert-OH is 3. The van der Waals surface area contributed by atoms with E-state index < -0.39 is 6.10 Å². The molecular formula is C11H28ClNO4. The van der Waals surface area contributed by atoms with Crippen molar-refractivity contribution in [2.75, 3.05) is 47.1 Å². The zero-order chi connectivity index (χ0) is 12.8. The molecule has 0 saturated carbocycles. The first-order valence-corrected chi connectivity index (χ1v) is 5.70. The molecule has 0 rings (SSSR count). The van der Waals surface area contributed by atoms with Crippen molar-refractivity contribution in [1.82, 2.24) is 4.90 Å². The van der Waals surface area contributed by atoms with Crippen LogP contribution in [0, 0.1) is 0 Å². The lowest BCUT2D eigenvalue weighted by atomic mass is 10.4. The van der Waals surface area contributed by atoms with Gasteiger partial charge in [0.05, 0.1) is 13.2 Å². The highest BCUT2D eigenvalue weighted by Gasteiger charge is 1.99. The van der Waals surface area contributed by atoms with Crippen molar-refractivity contribution < 1.29 is 20.1 Å². The van der Waals surface area contributed by atoms with Crippen LogP contribution in [0.1, 0.15) is 19.8 Å². The molecule has 0 radical (unpaired) electrons. The third kappa shape index (κ3) is 26.0. The van der Waals surface area contributed by atoms with Gasteiger partial charge in [-0.25, -0.2) is 0 Å². The van der Waals surface area contributed by atoms with Gasteiger partial charge in [0, 0.05) is 13.2 Å². The van der Waals surface area contributed by atoms with E-state index >= 15 is 0 Å². The van der Waals surface area contributed by atoms with Crippen LogP contribution in [0.4, 0.5) is 0 Å². The summed E-state index contributed by atoms with van der Waals surface area (Å²) in [6, 6.07) is 0. The summed E-state index contributed by atoms with van der Waals surface area (Å²) in [5.74, 6) is 0. The molecule has 0 aliphatic rings. The fraction of sp³-hybridized carbons (Fsp3) is 1.00. The Morgan fingerprint density at radius 3 is 2.12 bits per heavy atom. The summed E-state index contributed by atoms with van der Waals surface area (Å²) >= 11 is 0. The highest BCUT2D eigenvalue weighted by Crippen LogP contribution is 1.84. The third-order valence-corrected chi connectivity index (χ3v) is 1.63.